The van der Waals surface area contributed by atoms with Crippen LogP contribution in [0.15, 0.2) is 23.1 Å². The molecule has 100 valence electrons. The zero-order chi connectivity index (χ0) is 13.7. The van der Waals surface area contributed by atoms with Crippen LogP contribution in [-0.4, -0.2) is 17.2 Å². The predicted octanol–water partition coefficient (Wildman–Crippen LogP) is 2.80. The predicted molar refractivity (Wildman–Crippen MR) is 74.0 cm³/mol. The van der Waals surface area contributed by atoms with Gasteiger partial charge in [-0.05, 0) is 38.5 Å². The molecule has 1 aromatic rings. The first-order valence-electron chi connectivity index (χ1n) is 5.96. The van der Waals surface area contributed by atoms with Crippen molar-refractivity contribution in [1.82, 2.24) is 5.32 Å². The van der Waals surface area contributed by atoms with E-state index in [-0.39, 0.29) is 23.0 Å². The molecule has 0 aliphatic carbocycles. The molecule has 0 aliphatic rings. The number of nitrogen functional groups attached to an aromatic ring is 1. The quantitative estimate of drug-likeness (QED) is 0.639. The lowest BCUT2D eigenvalue weighted by Gasteiger charge is -2.16. The molecule has 18 heavy (non-hydrogen) atoms. The van der Waals surface area contributed by atoms with Crippen molar-refractivity contribution in [3.63, 3.8) is 0 Å². The van der Waals surface area contributed by atoms with E-state index in [0.29, 0.717) is 10.6 Å². The molecule has 0 bridgehead atoms. The molecule has 0 fully saturated rings. The van der Waals surface area contributed by atoms with Crippen LogP contribution in [0.1, 0.15) is 27.2 Å². The number of amides is 1. The fourth-order valence-electron chi connectivity index (χ4n) is 1.32. The van der Waals surface area contributed by atoms with E-state index in [4.69, 9.17) is 5.73 Å². The Morgan fingerprint density at radius 3 is 2.78 bits per heavy atom. The van der Waals surface area contributed by atoms with Gasteiger partial charge in [-0.15, -0.1) is 11.8 Å². The molecule has 5 heteroatoms. The average Bonchev–Trinajstić information content (AvgIpc) is 2.33. The molecule has 2 atom stereocenters. The lowest BCUT2D eigenvalue weighted by atomic mass is 10.2. The van der Waals surface area contributed by atoms with E-state index in [1.807, 2.05) is 13.8 Å². The van der Waals surface area contributed by atoms with Crippen LogP contribution >= 0.6 is 11.8 Å². The van der Waals surface area contributed by atoms with E-state index in [2.05, 4.69) is 5.32 Å². The Labute approximate surface area is 111 Å². The van der Waals surface area contributed by atoms with Crippen molar-refractivity contribution in [3.05, 3.63) is 24.0 Å². The van der Waals surface area contributed by atoms with E-state index in [1.54, 1.807) is 6.92 Å². The third-order valence-corrected chi connectivity index (χ3v) is 3.82. The van der Waals surface area contributed by atoms with Gasteiger partial charge in [0.25, 0.3) is 0 Å². The summed E-state index contributed by atoms with van der Waals surface area (Å²) in [6.07, 6.45) is 0.880. The molecule has 1 amide bonds. The monoisotopic (exact) mass is 270 g/mol. The molecule has 0 aliphatic heterocycles. The largest absolute Gasteiger partial charge is 0.398 e. The van der Waals surface area contributed by atoms with Crippen LogP contribution in [-0.2, 0) is 4.79 Å². The number of hydrogen-bond donors (Lipinski definition) is 2. The van der Waals surface area contributed by atoms with Gasteiger partial charge >= 0.3 is 0 Å². The zero-order valence-corrected chi connectivity index (χ0v) is 11.7. The second-order valence-corrected chi connectivity index (χ2v) is 5.64. The van der Waals surface area contributed by atoms with Crippen LogP contribution in [0.2, 0.25) is 0 Å². The summed E-state index contributed by atoms with van der Waals surface area (Å²) in [5.74, 6) is -0.403. The number of benzene rings is 1. The summed E-state index contributed by atoms with van der Waals surface area (Å²) in [6.45, 7) is 5.74. The summed E-state index contributed by atoms with van der Waals surface area (Å²) in [4.78, 5) is 12.4. The first kappa shape index (κ1) is 14.8. The minimum Gasteiger partial charge on any atom is -0.398 e. The highest BCUT2D eigenvalue weighted by Crippen LogP contribution is 2.29. The van der Waals surface area contributed by atoms with Crippen LogP contribution in [0.4, 0.5) is 10.1 Å². The number of carbonyl (C=O) groups is 1. The Balaban J connectivity index is 2.66. The fourth-order valence-corrected chi connectivity index (χ4v) is 2.26. The summed E-state index contributed by atoms with van der Waals surface area (Å²) in [7, 11) is 0. The Morgan fingerprint density at radius 2 is 2.17 bits per heavy atom. The molecule has 0 saturated carbocycles. The van der Waals surface area contributed by atoms with Gasteiger partial charge in [-0.2, -0.15) is 0 Å². The fraction of sp³-hybridized carbons (Fsp3) is 0.462. The van der Waals surface area contributed by atoms with Gasteiger partial charge in [0.1, 0.15) is 5.82 Å². The van der Waals surface area contributed by atoms with Crippen molar-refractivity contribution < 1.29 is 9.18 Å². The third-order valence-electron chi connectivity index (χ3n) is 2.65. The highest BCUT2D eigenvalue weighted by Gasteiger charge is 2.17. The lowest BCUT2D eigenvalue weighted by molar-refractivity contribution is -0.120. The second kappa shape index (κ2) is 6.64. The van der Waals surface area contributed by atoms with Gasteiger partial charge in [-0.3, -0.25) is 4.79 Å². The molecule has 0 spiro atoms. The van der Waals surface area contributed by atoms with Crippen molar-refractivity contribution in [2.45, 2.75) is 43.4 Å². The minimum atomic E-state index is -0.346. The number of rotatable bonds is 5. The maximum Gasteiger partial charge on any atom is 0.233 e. The summed E-state index contributed by atoms with van der Waals surface area (Å²) in [6, 6.07) is 4.32. The van der Waals surface area contributed by atoms with Crippen LogP contribution < -0.4 is 11.1 Å². The average molecular weight is 270 g/mol. The molecule has 2 unspecified atom stereocenters. The maximum absolute atomic E-state index is 13.1. The number of halogens is 1. The maximum atomic E-state index is 13.1. The summed E-state index contributed by atoms with van der Waals surface area (Å²) in [5, 5.41) is 2.59. The number of carbonyl (C=O) groups excluding carboxylic acids is 1. The van der Waals surface area contributed by atoms with Gasteiger partial charge in [0, 0.05) is 16.6 Å². The normalized spacial score (nSPS) is 14.0. The van der Waals surface area contributed by atoms with E-state index in [9.17, 15) is 9.18 Å². The number of nitrogens with one attached hydrogen (secondary N) is 1. The molecule has 3 nitrogen and oxygen atoms in total. The molecule has 0 aromatic heterocycles. The van der Waals surface area contributed by atoms with Gasteiger partial charge in [0.15, 0.2) is 0 Å². The Bertz CT molecular complexity index is 425. The first-order chi connectivity index (χ1) is 8.43. The summed E-state index contributed by atoms with van der Waals surface area (Å²) < 4.78 is 13.1. The molecule has 0 saturated heterocycles. The number of thioether (sulfide) groups is 1. The smallest absolute Gasteiger partial charge is 0.233 e. The summed E-state index contributed by atoms with van der Waals surface area (Å²) in [5.41, 5.74) is 6.24. The Kier molecular flexibility index (Phi) is 5.47. The van der Waals surface area contributed by atoms with Crippen LogP contribution in [0.3, 0.4) is 0 Å². The van der Waals surface area contributed by atoms with Gasteiger partial charge in [-0.25, -0.2) is 4.39 Å². The van der Waals surface area contributed by atoms with Crippen molar-refractivity contribution in [2.75, 3.05) is 5.73 Å². The van der Waals surface area contributed by atoms with Gasteiger partial charge in [0.05, 0.1) is 5.25 Å². The second-order valence-electron chi connectivity index (χ2n) is 4.26. The Morgan fingerprint density at radius 1 is 1.50 bits per heavy atom. The topological polar surface area (TPSA) is 55.1 Å². The van der Waals surface area contributed by atoms with Crippen molar-refractivity contribution >= 4 is 23.4 Å². The number of anilines is 1. The molecule has 0 heterocycles. The molecule has 0 radical (unpaired) electrons. The van der Waals surface area contributed by atoms with Crippen molar-refractivity contribution in [2.24, 2.45) is 0 Å². The third kappa shape index (κ3) is 4.22. The highest BCUT2D eigenvalue weighted by atomic mass is 32.2. The molecule has 1 rings (SSSR count). The zero-order valence-electron chi connectivity index (χ0n) is 10.9. The van der Waals surface area contributed by atoms with Gasteiger partial charge in [0.2, 0.25) is 5.91 Å². The van der Waals surface area contributed by atoms with E-state index >= 15 is 0 Å². The van der Waals surface area contributed by atoms with Crippen LogP contribution in [0, 0.1) is 5.82 Å². The summed E-state index contributed by atoms with van der Waals surface area (Å²) >= 11 is 1.27. The number of nitrogens with two attached hydrogens (primary N) is 1. The Hall–Kier alpha value is -1.23. The van der Waals surface area contributed by atoms with E-state index < -0.39 is 0 Å². The van der Waals surface area contributed by atoms with E-state index in [1.165, 1.54) is 30.0 Å². The standard InChI is InChI=1S/C13H19FN2OS/c1-4-8(2)16-13(17)9(3)18-12-7-10(14)5-6-11(12)15/h5-9H,4,15H2,1-3H3,(H,16,17). The SMILES string of the molecule is CCC(C)NC(=O)C(C)Sc1cc(F)ccc1N. The van der Waals surface area contributed by atoms with Gasteiger partial charge in [-0.1, -0.05) is 6.92 Å². The van der Waals surface area contributed by atoms with Crippen molar-refractivity contribution in [1.29, 1.82) is 0 Å². The lowest BCUT2D eigenvalue weighted by Crippen LogP contribution is -2.37. The van der Waals surface area contributed by atoms with Crippen molar-refractivity contribution in [3.8, 4) is 0 Å². The van der Waals surface area contributed by atoms with Gasteiger partial charge < -0.3 is 11.1 Å². The minimum absolute atomic E-state index is 0.0574. The molecular weight excluding hydrogens is 251 g/mol. The van der Waals surface area contributed by atoms with Crippen LogP contribution in [0.5, 0.6) is 0 Å². The molecular formula is C13H19FN2OS. The molecule has 3 N–H and O–H groups in total. The first-order valence-corrected chi connectivity index (χ1v) is 6.84. The van der Waals surface area contributed by atoms with E-state index in [0.717, 1.165) is 6.42 Å². The van der Waals surface area contributed by atoms with Crippen LogP contribution in [0.25, 0.3) is 0 Å². The number of hydrogen-bond acceptors (Lipinski definition) is 3. The highest BCUT2D eigenvalue weighted by molar-refractivity contribution is 8.00. The molecule has 1 aromatic carbocycles.